The van der Waals surface area contributed by atoms with Crippen LogP contribution in [0.2, 0.25) is 0 Å². The van der Waals surface area contributed by atoms with Crippen molar-refractivity contribution in [2.24, 2.45) is 0 Å². The van der Waals surface area contributed by atoms with Crippen LogP contribution in [-0.4, -0.2) is 62.3 Å². The van der Waals surface area contributed by atoms with E-state index in [0.29, 0.717) is 25.4 Å². The standard InChI is InChI=1S/C21H26N4O4/c1-29-20-15-9-11-24(12-14-6-3-2-4-7-14)13-16(15)22-19(23-20)18(26)17-8-5-10-25(17)21(27)28/h2-4,6-7,17-18,26H,5,8-13H2,1H3,(H,27,28)/t17-,18?/m0/s1. The molecule has 2 N–H and O–H groups in total. The van der Waals surface area contributed by atoms with E-state index in [0.717, 1.165) is 37.2 Å². The van der Waals surface area contributed by atoms with Crippen molar-refractivity contribution in [1.29, 1.82) is 0 Å². The van der Waals surface area contributed by atoms with Gasteiger partial charge in [-0.25, -0.2) is 9.78 Å². The van der Waals surface area contributed by atoms with Crippen LogP contribution in [0.15, 0.2) is 30.3 Å². The third-order valence-electron chi connectivity index (χ3n) is 5.74. The number of benzene rings is 1. The molecule has 2 aromatic rings. The van der Waals surface area contributed by atoms with Crippen LogP contribution in [0.5, 0.6) is 5.88 Å². The Kier molecular flexibility index (Phi) is 5.64. The van der Waals surface area contributed by atoms with Crippen LogP contribution in [0.3, 0.4) is 0 Å². The van der Waals surface area contributed by atoms with Gasteiger partial charge in [-0.3, -0.25) is 4.90 Å². The highest BCUT2D eigenvalue weighted by Crippen LogP contribution is 2.32. The number of hydrogen-bond acceptors (Lipinski definition) is 6. The Morgan fingerprint density at radius 2 is 2.07 bits per heavy atom. The lowest BCUT2D eigenvalue weighted by Gasteiger charge is -2.30. The van der Waals surface area contributed by atoms with Crippen molar-refractivity contribution in [2.75, 3.05) is 20.2 Å². The molecule has 29 heavy (non-hydrogen) atoms. The van der Waals surface area contributed by atoms with Gasteiger partial charge in [0.15, 0.2) is 5.82 Å². The third-order valence-corrected chi connectivity index (χ3v) is 5.74. The molecule has 8 nitrogen and oxygen atoms in total. The normalized spacial score (nSPS) is 20.3. The number of aromatic nitrogens is 2. The first-order chi connectivity index (χ1) is 14.1. The maximum Gasteiger partial charge on any atom is 0.407 e. The molecule has 1 fully saturated rings. The number of hydrogen-bond donors (Lipinski definition) is 2. The molecule has 1 aromatic carbocycles. The first-order valence-corrected chi connectivity index (χ1v) is 9.94. The van der Waals surface area contributed by atoms with Gasteiger partial charge in [-0.15, -0.1) is 0 Å². The van der Waals surface area contributed by atoms with Gasteiger partial charge in [0.25, 0.3) is 0 Å². The number of ether oxygens (including phenoxy) is 1. The Balaban J connectivity index is 1.58. The molecular formula is C21H26N4O4. The third kappa shape index (κ3) is 4.04. The summed E-state index contributed by atoms with van der Waals surface area (Å²) in [6.07, 6.45) is -0.00761. The van der Waals surface area contributed by atoms with Crippen molar-refractivity contribution in [3.05, 3.63) is 53.0 Å². The Hall–Kier alpha value is -2.71. The van der Waals surface area contributed by atoms with E-state index in [9.17, 15) is 15.0 Å². The van der Waals surface area contributed by atoms with Gasteiger partial charge in [0.2, 0.25) is 5.88 Å². The van der Waals surface area contributed by atoms with E-state index in [4.69, 9.17) is 4.74 Å². The van der Waals surface area contributed by atoms with E-state index in [-0.39, 0.29) is 5.82 Å². The number of methoxy groups -OCH3 is 1. The average Bonchev–Trinajstić information content (AvgIpc) is 3.23. The number of rotatable bonds is 5. The minimum atomic E-state index is -1.07. The summed E-state index contributed by atoms with van der Waals surface area (Å²) in [5.41, 5.74) is 3.04. The number of carbonyl (C=O) groups is 1. The molecule has 2 atom stereocenters. The molecule has 1 unspecified atom stereocenters. The summed E-state index contributed by atoms with van der Waals surface area (Å²) in [7, 11) is 1.56. The maximum absolute atomic E-state index is 11.5. The van der Waals surface area contributed by atoms with Crippen LogP contribution in [0.4, 0.5) is 4.79 Å². The van der Waals surface area contributed by atoms with Crippen molar-refractivity contribution in [2.45, 2.75) is 44.5 Å². The summed E-state index contributed by atoms with van der Waals surface area (Å²) >= 11 is 0. The molecule has 0 spiro atoms. The average molecular weight is 398 g/mol. The maximum atomic E-state index is 11.5. The van der Waals surface area contributed by atoms with E-state index in [1.165, 1.54) is 10.5 Å². The van der Waals surface area contributed by atoms with E-state index in [1.54, 1.807) is 7.11 Å². The molecule has 0 saturated carbocycles. The van der Waals surface area contributed by atoms with Crippen molar-refractivity contribution >= 4 is 6.09 Å². The molecule has 0 radical (unpaired) electrons. The summed E-state index contributed by atoms with van der Waals surface area (Å²) in [4.78, 5) is 24.1. The van der Waals surface area contributed by atoms with E-state index < -0.39 is 18.2 Å². The highest BCUT2D eigenvalue weighted by Gasteiger charge is 2.37. The lowest BCUT2D eigenvalue weighted by Crippen LogP contribution is -2.39. The zero-order chi connectivity index (χ0) is 20.4. The second-order valence-corrected chi connectivity index (χ2v) is 7.59. The summed E-state index contributed by atoms with van der Waals surface area (Å²) < 4.78 is 5.48. The van der Waals surface area contributed by atoms with Gasteiger partial charge in [-0.05, 0) is 24.8 Å². The molecule has 1 saturated heterocycles. The predicted octanol–water partition coefficient (Wildman–Crippen LogP) is 2.22. The van der Waals surface area contributed by atoms with Crippen LogP contribution in [0.1, 0.15) is 41.6 Å². The minimum Gasteiger partial charge on any atom is -0.481 e. The molecule has 1 aromatic heterocycles. The van der Waals surface area contributed by atoms with Gasteiger partial charge >= 0.3 is 6.09 Å². The van der Waals surface area contributed by atoms with Gasteiger partial charge in [-0.1, -0.05) is 30.3 Å². The first-order valence-electron chi connectivity index (χ1n) is 9.94. The molecule has 3 heterocycles. The Labute approximate surface area is 169 Å². The van der Waals surface area contributed by atoms with Gasteiger partial charge in [-0.2, -0.15) is 4.98 Å². The highest BCUT2D eigenvalue weighted by molar-refractivity contribution is 5.66. The second kappa shape index (κ2) is 8.34. The van der Waals surface area contributed by atoms with Crippen molar-refractivity contribution in [3.63, 3.8) is 0 Å². The van der Waals surface area contributed by atoms with Gasteiger partial charge in [0.05, 0.1) is 18.8 Å². The Morgan fingerprint density at radius 3 is 2.79 bits per heavy atom. The summed E-state index contributed by atoms with van der Waals surface area (Å²) in [6, 6.07) is 9.74. The number of fused-ring (bicyclic) bond motifs is 1. The quantitative estimate of drug-likeness (QED) is 0.797. The fourth-order valence-corrected chi connectivity index (χ4v) is 4.28. The number of likely N-dealkylation sites (tertiary alicyclic amines) is 1. The van der Waals surface area contributed by atoms with Crippen LogP contribution >= 0.6 is 0 Å². The molecule has 1 amide bonds. The second-order valence-electron chi connectivity index (χ2n) is 7.59. The molecule has 154 valence electrons. The van der Waals surface area contributed by atoms with Crippen molar-refractivity contribution < 1.29 is 19.7 Å². The highest BCUT2D eigenvalue weighted by atomic mass is 16.5. The topological polar surface area (TPSA) is 99.0 Å². The largest absolute Gasteiger partial charge is 0.481 e. The lowest BCUT2D eigenvalue weighted by molar-refractivity contribution is 0.0617. The molecule has 4 rings (SSSR count). The molecule has 2 aliphatic heterocycles. The number of aliphatic hydroxyl groups excluding tert-OH is 1. The molecule has 8 heteroatoms. The monoisotopic (exact) mass is 398 g/mol. The summed E-state index contributed by atoms with van der Waals surface area (Å²) in [5, 5.41) is 20.3. The number of aliphatic hydroxyl groups is 1. The smallest absolute Gasteiger partial charge is 0.407 e. The van der Waals surface area contributed by atoms with Gasteiger partial charge < -0.3 is 19.8 Å². The fourth-order valence-electron chi connectivity index (χ4n) is 4.28. The molecule has 2 aliphatic rings. The molecule has 0 bridgehead atoms. The van der Waals surface area contributed by atoms with Crippen molar-refractivity contribution in [1.82, 2.24) is 19.8 Å². The van der Waals surface area contributed by atoms with E-state index >= 15 is 0 Å². The summed E-state index contributed by atoms with van der Waals surface area (Å²) in [5.74, 6) is 0.712. The van der Waals surface area contributed by atoms with E-state index in [2.05, 4.69) is 27.0 Å². The number of carboxylic acid groups (broad SMARTS) is 1. The summed E-state index contributed by atoms with van der Waals surface area (Å²) in [6.45, 7) is 2.75. The Morgan fingerprint density at radius 1 is 1.28 bits per heavy atom. The molecule has 0 aliphatic carbocycles. The number of amides is 1. The van der Waals surface area contributed by atoms with Crippen LogP contribution in [0, 0.1) is 0 Å². The van der Waals surface area contributed by atoms with Crippen LogP contribution in [0.25, 0.3) is 0 Å². The number of nitrogens with zero attached hydrogens (tertiary/aromatic N) is 4. The zero-order valence-electron chi connectivity index (χ0n) is 16.5. The first kappa shape index (κ1) is 19.6. The van der Waals surface area contributed by atoms with Gasteiger partial charge in [0, 0.05) is 31.7 Å². The minimum absolute atomic E-state index is 0.236. The fraction of sp³-hybridized carbons (Fsp3) is 0.476. The van der Waals surface area contributed by atoms with Crippen LogP contribution < -0.4 is 4.74 Å². The molecular weight excluding hydrogens is 372 g/mol. The van der Waals surface area contributed by atoms with E-state index in [1.807, 2.05) is 18.2 Å². The Bertz CT molecular complexity index is 876. The zero-order valence-corrected chi connectivity index (χ0v) is 16.5. The SMILES string of the molecule is COc1nc(C(O)[C@@H]2CCCN2C(=O)O)nc2c1CCN(Cc1ccccc1)C2. The van der Waals surface area contributed by atoms with Crippen molar-refractivity contribution in [3.8, 4) is 5.88 Å². The van der Waals surface area contributed by atoms with Crippen LogP contribution in [-0.2, 0) is 19.5 Å². The lowest BCUT2D eigenvalue weighted by atomic mass is 10.0. The predicted molar refractivity (Wildman–Crippen MR) is 106 cm³/mol. The van der Waals surface area contributed by atoms with Gasteiger partial charge in [0.1, 0.15) is 6.10 Å².